The molecule has 0 saturated carbocycles. The minimum Gasteiger partial charge on any atom is -0.229 e. The Kier molecular flexibility index (Phi) is 4.51. The lowest BCUT2D eigenvalue weighted by molar-refractivity contribution is -0.137. The molecule has 2 rings (SSSR count). The predicted molar refractivity (Wildman–Crippen MR) is 78.5 cm³/mol. The van der Waals surface area contributed by atoms with E-state index >= 15 is 0 Å². The van der Waals surface area contributed by atoms with Crippen molar-refractivity contribution in [3.63, 3.8) is 0 Å². The first-order chi connectivity index (χ1) is 10.2. The summed E-state index contributed by atoms with van der Waals surface area (Å²) in [6.07, 6.45) is -4.75. The van der Waals surface area contributed by atoms with Crippen molar-refractivity contribution in [2.75, 3.05) is 11.5 Å². The van der Waals surface area contributed by atoms with Gasteiger partial charge in [0.15, 0.2) is 9.84 Å². The van der Waals surface area contributed by atoms with Gasteiger partial charge in [0.05, 0.1) is 27.0 Å². The van der Waals surface area contributed by atoms with Gasteiger partial charge in [-0.05, 0) is 31.5 Å². The normalized spacial score (nSPS) is 24.7. The van der Waals surface area contributed by atoms with E-state index in [1.54, 1.807) is 0 Å². The smallest absolute Gasteiger partial charge is 0.229 e. The zero-order valence-corrected chi connectivity index (χ0v) is 14.2. The summed E-state index contributed by atoms with van der Waals surface area (Å²) < 4.78 is 88.2. The molecule has 130 valence electrons. The van der Waals surface area contributed by atoms with Crippen molar-refractivity contribution in [3.8, 4) is 0 Å². The molecule has 1 aromatic rings. The molecule has 0 aliphatic carbocycles. The number of halogens is 4. The molecular weight excluding hydrogens is 379 g/mol. The van der Waals surface area contributed by atoms with Crippen LogP contribution in [0.3, 0.4) is 0 Å². The minimum atomic E-state index is -4.80. The van der Waals surface area contributed by atoms with E-state index in [-0.39, 0.29) is 12.2 Å². The van der Waals surface area contributed by atoms with Crippen molar-refractivity contribution in [2.24, 2.45) is 0 Å². The highest BCUT2D eigenvalue weighted by atomic mass is 35.5. The molecule has 1 heterocycles. The molecule has 0 radical (unpaired) electrons. The van der Waals surface area contributed by atoms with Crippen molar-refractivity contribution in [3.05, 3.63) is 28.8 Å². The van der Waals surface area contributed by atoms with Crippen LogP contribution in [0.5, 0.6) is 0 Å². The van der Waals surface area contributed by atoms with Crippen LogP contribution in [0.15, 0.2) is 23.1 Å². The number of nitrogens with one attached hydrogen (secondary N) is 1. The lowest BCUT2D eigenvalue weighted by atomic mass is 10.0. The summed E-state index contributed by atoms with van der Waals surface area (Å²) in [4.78, 5) is -0.625. The van der Waals surface area contributed by atoms with Crippen LogP contribution in [0.1, 0.15) is 18.9 Å². The molecule has 0 aromatic heterocycles. The fourth-order valence-corrected chi connectivity index (χ4v) is 6.23. The highest BCUT2D eigenvalue weighted by molar-refractivity contribution is 7.92. The number of alkyl halides is 3. The van der Waals surface area contributed by atoms with E-state index in [0.29, 0.717) is 6.07 Å². The number of benzene rings is 1. The fraction of sp³-hybridized carbons (Fsp3) is 0.500. The summed E-state index contributed by atoms with van der Waals surface area (Å²) in [6, 6.07) is 2.21. The third-order valence-corrected chi connectivity index (χ3v) is 7.31. The van der Waals surface area contributed by atoms with E-state index in [0.717, 1.165) is 12.1 Å². The Bertz CT molecular complexity index is 836. The summed E-state index contributed by atoms with van der Waals surface area (Å²) in [6.45, 7) is 1.40. The van der Waals surface area contributed by atoms with Crippen LogP contribution in [0, 0.1) is 0 Å². The van der Waals surface area contributed by atoms with E-state index in [9.17, 15) is 30.0 Å². The quantitative estimate of drug-likeness (QED) is 0.856. The number of sulfonamides is 1. The van der Waals surface area contributed by atoms with Gasteiger partial charge in [0, 0.05) is 5.54 Å². The SMILES string of the molecule is CC1(NS(=O)(=O)c2ccc(Cl)c(C(F)(F)F)c2)CCS(=O)(=O)C1. The highest BCUT2D eigenvalue weighted by Crippen LogP contribution is 2.36. The molecule has 0 spiro atoms. The van der Waals surface area contributed by atoms with E-state index in [1.807, 2.05) is 0 Å². The molecule has 1 aliphatic rings. The third-order valence-electron chi connectivity index (χ3n) is 3.44. The Hall–Kier alpha value is -0.840. The Labute approximate surface area is 136 Å². The van der Waals surface area contributed by atoms with Crippen molar-refractivity contribution >= 4 is 31.5 Å². The molecule has 1 N–H and O–H groups in total. The first kappa shape index (κ1) is 18.5. The summed E-state index contributed by atoms with van der Waals surface area (Å²) in [5, 5.41) is -0.619. The van der Waals surface area contributed by atoms with Crippen LogP contribution < -0.4 is 4.72 Å². The monoisotopic (exact) mass is 391 g/mol. The Morgan fingerprint density at radius 2 is 1.91 bits per heavy atom. The molecule has 0 bridgehead atoms. The number of hydrogen-bond acceptors (Lipinski definition) is 4. The van der Waals surface area contributed by atoms with Gasteiger partial charge in [-0.1, -0.05) is 11.6 Å². The van der Waals surface area contributed by atoms with E-state index in [4.69, 9.17) is 11.6 Å². The Morgan fingerprint density at radius 1 is 1.30 bits per heavy atom. The van der Waals surface area contributed by atoms with Crippen molar-refractivity contribution in [1.29, 1.82) is 0 Å². The standard InChI is InChI=1S/C12H13ClF3NO4S2/c1-11(4-5-22(18,19)7-11)17-23(20,21)8-2-3-10(13)9(6-8)12(14,15)16/h2-3,6,17H,4-5,7H2,1H3. The minimum absolute atomic E-state index is 0.0499. The van der Waals surface area contributed by atoms with Crippen molar-refractivity contribution < 1.29 is 30.0 Å². The molecular formula is C12H13ClF3NO4S2. The van der Waals surface area contributed by atoms with Gasteiger partial charge in [0.2, 0.25) is 10.0 Å². The second kappa shape index (κ2) is 5.61. The Balaban J connectivity index is 2.38. The lowest BCUT2D eigenvalue weighted by Crippen LogP contribution is -2.46. The first-order valence-electron chi connectivity index (χ1n) is 6.35. The van der Waals surface area contributed by atoms with Crippen molar-refractivity contribution in [1.82, 2.24) is 4.72 Å². The first-order valence-corrected chi connectivity index (χ1v) is 10.0. The zero-order chi connectivity index (χ0) is 17.7. The zero-order valence-electron chi connectivity index (χ0n) is 11.8. The average Bonchev–Trinajstić information content (AvgIpc) is 2.60. The third kappa shape index (κ3) is 4.17. The largest absolute Gasteiger partial charge is 0.417 e. The second-order valence-corrected chi connectivity index (χ2v) is 9.92. The number of sulfone groups is 1. The Morgan fingerprint density at radius 3 is 2.39 bits per heavy atom. The van der Waals surface area contributed by atoms with E-state index in [1.165, 1.54) is 6.92 Å². The number of hydrogen-bond donors (Lipinski definition) is 1. The van der Waals surface area contributed by atoms with Gasteiger partial charge in [-0.2, -0.15) is 13.2 Å². The lowest BCUT2D eigenvalue weighted by Gasteiger charge is -2.23. The maximum Gasteiger partial charge on any atom is 0.417 e. The van der Waals surface area contributed by atoms with Crippen LogP contribution in [0.4, 0.5) is 13.2 Å². The fourth-order valence-electron chi connectivity index (χ4n) is 2.36. The summed E-state index contributed by atoms with van der Waals surface area (Å²) in [7, 11) is -7.70. The second-order valence-electron chi connectivity index (χ2n) is 5.65. The molecule has 11 heteroatoms. The van der Waals surface area contributed by atoms with Crippen LogP contribution in [0.25, 0.3) is 0 Å². The van der Waals surface area contributed by atoms with Gasteiger partial charge >= 0.3 is 6.18 Å². The average molecular weight is 392 g/mol. The predicted octanol–water partition coefficient (Wildman–Crippen LogP) is 2.21. The topological polar surface area (TPSA) is 80.3 Å². The molecule has 23 heavy (non-hydrogen) atoms. The van der Waals surface area contributed by atoms with E-state index < -0.39 is 52.8 Å². The van der Waals surface area contributed by atoms with Crippen LogP contribution in [-0.4, -0.2) is 33.9 Å². The molecule has 1 atom stereocenters. The van der Waals surface area contributed by atoms with Gasteiger partial charge in [0.1, 0.15) is 0 Å². The molecule has 1 saturated heterocycles. The molecule has 1 aromatic carbocycles. The molecule has 1 aliphatic heterocycles. The maximum absolute atomic E-state index is 12.8. The number of rotatable bonds is 3. The van der Waals surface area contributed by atoms with Crippen LogP contribution >= 0.6 is 11.6 Å². The molecule has 1 unspecified atom stereocenters. The highest BCUT2D eigenvalue weighted by Gasteiger charge is 2.42. The van der Waals surface area contributed by atoms with Crippen molar-refractivity contribution in [2.45, 2.75) is 30.0 Å². The van der Waals surface area contributed by atoms with Gasteiger partial charge in [0.25, 0.3) is 0 Å². The summed E-state index contributed by atoms with van der Waals surface area (Å²) in [5.74, 6) is -0.584. The summed E-state index contributed by atoms with van der Waals surface area (Å²) >= 11 is 5.45. The van der Waals surface area contributed by atoms with Gasteiger partial charge in [-0.3, -0.25) is 0 Å². The summed E-state index contributed by atoms with van der Waals surface area (Å²) in [5.41, 5.74) is -2.53. The van der Waals surface area contributed by atoms with Crippen LogP contribution in [-0.2, 0) is 26.0 Å². The van der Waals surface area contributed by atoms with Gasteiger partial charge in [-0.15, -0.1) is 0 Å². The van der Waals surface area contributed by atoms with Gasteiger partial charge in [-0.25, -0.2) is 21.6 Å². The van der Waals surface area contributed by atoms with E-state index in [2.05, 4.69) is 4.72 Å². The molecule has 0 amide bonds. The van der Waals surface area contributed by atoms with Gasteiger partial charge < -0.3 is 0 Å². The molecule has 5 nitrogen and oxygen atoms in total. The maximum atomic E-state index is 12.8. The molecule has 1 fully saturated rings. The van der Waals surface area contributed by atoms with Crippen LogP contribution in [0.2, 0.25) is 5.02 Å².